The molecule has 2 aliphatic rings. The molecule has 0 saturated carbocycles. The van der Waals surface area contributed by atoms with Crippen LogP contribution in [0.3, 0.4) is 0 Å². The number of hydrogen-bond donors (Lipinski definition) is 1. The lowest BCUT2D eigenvalue weighted by Crippen LogP contribution is -2.30. The van der Waals surface area contributed by atoms with Crippen LogP contribution in [0.15, 0.2) is 22.6 Å². The third-order valence-electron chi connectivity index (χ3n) is 6.48. The van der Waals surface area contributed by atoms with Crippen LogP contribution in [0.4, 0.5) is 0 Å². The molecule has 1 aromatic heterocycles. The molecular formula is C27H38O6. The van der Waals surface area contributed by atoms with Crippen LogP contribution in [0.2, 0.25) is 0 Å². The normalized spacial score (nSPS) is 24.2. The monoisotopic (exact) mass is 458 g/mol. The van der Waals surface area contributed by atoms with Gasteiger partial charge in [-0.25, -0.2) is 0 Å². The second kappa shape index (κ2) is 13.0. The van der Waals surface area contributed by atoms with E-state index in [-0.39, 0.29) is 30.2 Å². The van der Waals surface area contributed by atoms with Crippen molar-refractivity contribution >= 4 is 5.97 Å². The van der Waals surface area contributed by atoms with Crippen molar-refractivity contribution in [3.63, 3.8) is 0 Å². The Morgan fingerprint density at radius 1 is 1.36 bits per heavy atom. The van der Waals surface area contributed by atoms with Crippen LogP contribution in [0.1, 0.15) is 81.8 Å². The standard InChI is InChI=1S/C27H38O6/c1-4-5-10-19(2)23(28)15-14-21-22-17-20(11-6-7-12-26(29)30-3)32-25(22)18-24(21)33-27-13-8-9-16-31-27/h14-15,17,19,21,23-24,27-28H,6-13,16,18H2,1-3H3/b15-14+/t19?,21-,23+,24-,27?/m1/s1. The minimum absolute atomic E-state index is 0.0113. The smallest absolute Gasteiger partial charge is 0.305 e. The van der Waals surface area contributed by atoms with Crippen LogP contribution >= 0.6 is 0 Å². The highest BCUT2D eigenvalue weighted by molar-refractivity contribution is 5.68. The van der Waals surface area contributed by atoms with Crippen molar-refractivity contribution in [2.24, 2.45) is 5.92 Å². The predicted molar refractivity (Wildman–Crippen MR) is 126 cm³/mol. The number of ether oxygens (including phenoxy) is 3. The van der Waals surface area contributed by atoms with E-state index in [9.17, 15) is 9.90 Å². The van der Waals surface area contributed by atoms with Gasteiger partial charge in [0.05, 0.1) is 19.3 Å². The van der Waals surface area contributed by atoms with E-state index in [1.54, 1.807) is 0 Å². The van der Waals surface area contributed by atoms with Crippen molar-refractivity contribution in [2.45, 2.75) is 96.1 Å². The Balaban J connectivity index is 1.66. The number of hydrogen-bond acceptors (Lipinski definition) is 6. The highest BCUT2D eigenvalue weighted by Gasteiger charge is 2.37. The van der Waals surface area contributed by atoms with E-state index in [0.29, 0.717) is 19.3 Å². The fraction of sp³-hybridized carbons (Fsp3) is 0.667. The minimum atomic E-state index is -0.564. The van der Waals surface area contributed by atoms with Gasteiger partial charge in [0.15, 0.2) is 6.29 Å². The van der Waals surface area contributed by atoms with Gasteiger partial charge in [-0.1, -0.05) is 19.1 Å². The topological polar surface area (TPSA) is 78.1 Å². The average molecular weight is 459 g/mol. The van der Waals surface area contributed by atoms with Crippen LogP contribution in [0.25, 0.3) is 0 Å². The number of aliphatic hydroxyl groups excluding tert-OH is 1. The maximum absolute atomic E-state index is 11.3. The number of furan rings is 1. The van der Waals surface area contributed by atoms with Crippen LogP contribution in [0, 0.1) is 17.8 Å². The Hall–Kier alpha value is -2.07. The van der Waals surface area contributed by atoms with E-state index in [4.69, 9.17) is 18.6 Å². The molecule has 1 aliphatic carbocycles. The van der Waals surface area contributed by atoms with Crippen molar-refractivity contribution < 1.29 is 28.5 Å². The van der Waals surface area contributed by atoms with Gasteiger partial charge in [-0.05, 0) is 51.0 Å². The first-order valence-corrected chi connectivity index (χ1v) is 12.2. The van der Waals surface area contributed by atoms with Crippen molar-refractivity contribution in [3.8, 4) is 11.8 Å². The van der Waals surface area contributed by atoms with Gasteiger partial charge >= 0.3 is 5.97 Å². The molecule has 1 aliphatic heterocycles. The number of esters is 1. The van der Waals surface area contributed by atoms with Crippen molar-refractivity contribution in [1.29, 1.82) is 0 Å². The van der Waals surface area contributed by atoms with Crippen LogP contribution < -0.4 is 0 Å². The molecular weight excluding hydrogens is 420 g/mol. The van der Waals surface area contributed by atoms with Crippen LogP contribution in [-0.4, -0.2) is 43.3 Å². The average Bonchev–Trinajstić information content (AvgIpc) is 3.36. The zero-order valence-corrected chi connectivity index (χ0v) is 20.2. The van der Waals surface area contributed by atoms with Gasteiger partial charge in [-0.2, -0.15) is 0 Å². The summed E-state index contributed by atoms with van der Waals surface area (Å²) in [6.07, 6.45) is 10.5. The van der Waals surface area contributed by atoms with Crippen LogP contribution in [0.5, 0.6) is 0 Å². The van der Waals surface area contributed by atoms with Crippen molar-refractivity contribution in [3.05, 3.63) is 35.3 Å². The molecule has 0 radical (unpaired) electrons. The second-order valence-corrected chi connectivity index (χ2v) is 9.06. The zero-order chi connectivity index (χ0) is 23.6. The molecule has 3 rings (SSSR count). The third kappa shape index (κ3) is 7.46. The van der Waals surface area contributed by atoms with Gasteiger partial charge < -0.3 is 23.7 Å². The maximum atomic E-state index is 11.3. The van der Waals surface area contributed by atoms with Crippen molar-refractivity contribution in [2.75, 3.05) is 13.7 Å². The molecule has 1 fully saturated rings. The van der Waals surface area contributed by atoms with Gasteiger partial charge in [0.2, 0.25) is 0 Å². The van der Waals surface area contributed by atoms with Crippen molar-refractivity contribution in [1.82, 2.24) is 0 Å². The number of carbonyl (C=O) groups is 1. The molecule has 0 amide bonds. The molecule has 2 unspecified atom stereocenters. The van der Waals surface area contributed by atoms with E-state index < -0.39 is 6.10 Å². The Kier molecular flexibility index (Phi) is 10.1. The summed E-state index contributed by atoms with van der Waals surface area (Å²) in [5, 5.41) is 10.6. The molecule has 6 heteroatoms. The number of fused-ring (bicyclic) bond motifs is 1. The predicted octanol–water partition coefficient (Wildman–Crippen LogP) is 4.68. The summed E-state index contributed by atoms with van der Waals surface area (Å²) in [5.74, 6) is 7.72. The van der Waals surface area contributed by atoms with E-state index in [1.165, 1.54) is 7.11 Å². The lowest BCUT2D eigenvalue weighted by Gasteiger charge is -2.28. The Morgan fingerprint density at radius 2 is 2.21 bits per heavy atom. The third-order valence-corrected chi connectivity index (χ3v) is 6.48. The number of aliphatic hydroxyl groups is 1. The summed E-state index contributed by atoms with van der Waals surface area (Å²) < 4.78 is 23.0. The Bertz CT molecular complexity index is 839. The first kappa shape index (κ1) is 25.6. The van der Waals surface area contributed by atoms with E-state index in [0.717, 1.165) is 62.2 Å². The van der Waals surface area contributed by atoms with Gasteiger partial charge in [-0.15, -0.1) is 11.8 Å². The summed E-state index contributed by atoms with van der Waals surface area (Å²) in [7, 11) is 1.42. The lowest BCUT2D eigenvalue weighted by atomic mass is 9.95. The number of unbranched alkanes of at least 4 members (excludes halogenated alkanes) is 1. The molecule has 0 spiro atoms. The lowest BCUT2D eigenvalue weighted by molar-refractivity contribution is -0.188. The number of aryl methyl sites for hydroxylation is 1. The molecule has 1 N–H and O–H groups in total. The fourth-order valence-corrected chi connectivity index (χ4v) is 4.43. The summed E-state index contributed by atoms with van der Waals surface area (Å²) >= 11 is 0. The number of rotatable bonds is 11. The SMILES string of the molecule is CC#CCC(C)[C@@H](O)/C=C/[C@@H]1c2cc(CCCCC(=O)OC)oc2C[C@H]1OC1CCCCO1. The number of carbonyl (C=O) groups excluding carboxylic acids is 1. The highest BCUT2D eigenvalue weighted by Crippen LogP contribution is 2.40. The van der Waals surface area contributed by atoms with Crippen LogP contribution in [-0.2, 0) is 31.8 Å². The van der Waals surface area contributed by atoms with Gasteiger partial charge in [0.25, 0.3) is 0 Å². The molecule has 0 aromatic carbocycles. The van der Waals surface area contributed by atoms with E-state index in [1.807, 2.05) is 19.9 Å². The van der Waals surface area contributed by atoms with Gasteiger partial charge in [-0.3, -0.25) is 4.79 Å². The molecule has 5 atom stereocenters. The largest absolute Gasteiger partial charge is 0.469 e. The quantitative estimate of drug-likeness (QED) is 0.224. The number of methoxy groups -OCH3 is 1. The summed E-state index contributed by atoms with van der Waals surface area (Å²) in [4.78, 5) is 11.3. The van der Waals surface area contributed by atoms with E-state index in [2.05, 4.69) is 24.0 Å². The first-order chi connectivity index (χ1) is 16.0. The zero-order valence-electron chi connectivity index (χ0n) is 20.2. The maximum Gasteiger partial charge on any atom is 0.305 e. The minimum Gasteiger partial charge on any atom is -0.469 e. The Labute approximate surface area is 197 Å². The Morgan fingerprint density at radius 3 is 2.94 bits per heavy atom. The molecule has 1 saturated heterocycles. The molecule has 0 bridgehead atoms. The first-order valence-electron chi connectivity index (χ1n) is 12.2. The van der Waals surface area contributed by atoms with E-state index >= 15 is 0 Å². The highest BCUT2D eigenvalue weighted by atomic mass is 16.7. The summed E-state index contributed by atoms with van der Waals surface area (Å²) in [6.45, 7) is 4.57. The van der Waals surface area contributed by atoms with Gasteiger partial charge in [0, 0.05) is 43.8 Å². The second-order valence-electron chi connectivity index (χ2n) is 9.06. The molecule has 33 heavy (non-hydrogen) atoms. The molecule has 6 nitrogen and oxygen atoms in total. The summed E-state index contributed by atoms with van der Waals surface area (Å²) in [6, 6.07) is 2.12. The summed E-state index contributed by atoms with van der Waals surface area (Å²) in [5.41, 5.74) is 1.13. The molecule has 1 aromatic rings. The van der Waals surface area contributed by atoms with Gasteiger partial charge in [0.1, 0.15) is 11.5 Å². The molecule has 182 valence electrons. The fourth-order valence-electron chi connectivity index (χ4n) is 4.43. The molecule has 2 heterocycles.